The highest BCUT2D eigenvalue weighted by atomic mass is 79.9. The van der Waals surface area contributed by atoms with Crippen LogP contribution < -0.4 is 10.9 Å². The molecule has 20 heavy (non-hydrogen) atoms. The molecule has 10 heteroatoms. The number of halogens is 4. The molecule has 2 rings (SSSR count). The highest BCUT2D eigenvalue weighted by molar-refractivity contribution is 9.10. The summed E-state index contributed by atoms with van der Waals surface area (Å²) in [6, 6.07) is 1.65. The van der Waals surface area contributed by atoms with Gasteiger partial charge in [0.05, 0.1) is 11.9 Å². The molecule has 0 fully saturated rings. The van der Waals surface area contributed by atoms with Crippen LogP contribution >= 0.6 is 15.9 Å². The van der Waals surface area contributed by atoms with Crippen LogP contribution in [0.1, 0.15) is 0 Å². The van der Waals surface area contributed by atoms with Gasteiger partial charge in [-0.15, -0.1) is 0 Å². The SMILES string of the molecule is Cn1ccc(Nc2cnn(CC(F)(F)F)c(=O)c2Br)n1. The maximum Gasteiger partial charge on any atom is 0.408 e. The average Bonchev–Trinajstić information content (AvgIpc) is 2.73. The van der Waals surface area contributed by atoms with E-state index in [1.165, 1.54) is 4.68 Å². The molecule has 2 aromatic heterocycles. The van der Waals surface area contributed by atoms with Crippen molar-refractivity contribution in [3.05, 3.63) is 33.3 Å². The van der Waals surface area contributed by atoms with Gasteiger partial charge in [-0.2, -0.15) is 23.4 Å². The van der Waals surface area contributed by atoms with Crippen molar-refractivity contribution in [2.75, 3.05) is 5.32 Å². The zero-order valence-electron chi connectivity index (χ0n) is 10.1. The smallest absolute Gasteiger partial charge is 0.336 e. The minimum Gasteiger partial charge on any atom is -0.336 e. The molecular formula is C10H9BrF3N5O. The summed E-state index contributed by atoms with van der Waals surface area (Å²) in [5.74, 6) is 0.447. The van der Waals surface area contributed by atoms with Gasteiger partial charge in [-0.25, -0.2) is 4.68 Å². The van der Waals surface area contributed by atoms with Crippen molar-refractivity contribution in [3.8, 4) is 0 Å². The highest BCUT2D eigenvalue weighted by Gasteiger charge is 2.29. The van der Waals surface area contributed by atoms with Gasteiger partial charge < -0.3 is 5.32 Å². The summed E-state index contributed by atoms with van der Waals surface area (Å²) in [6.07, 6.45) is -1.70. The molecule has 0 aliphatic carbocycles. The third kappa shape index (κ3) is 3.38. The summed E-state index contributed by atoms with van der Waals surface area (Å²) in [7, 11) is 1.71. The zero-order valence-corrected chi connectivity index (χ0v) is 11.7. The van der Waals surface area contributed by atoms with E-state index >= 15 is 0 Å². The molecule has 0 saturated carbocycles. The number of hydrogen-bond acceptors (Lipinski definition) is 4. The number of rotatable bonds is 3. The summed E-state index contributed by atoms with van der Waals surface area (Å²) in [5.41, 5.74) is -0.629. The van der Waals surface area contributed by atoms with Gasteiger partial charge in [0.15, 0.2) is 5.82 Å². The Hall–Kier alpha value is -1.84. The largest absolute Gasteiger partial charge is 0.408 e. The second-order valence-corrected chi connectivity index (χ2v) is 4.74. The van der Waals surface area contributed by atoms with E-state index in [9.17, 15) is 18.0 Å². The Morgan fingerprint density at radius 1 is 1.45 bits per heavy atom. The van der Waals surface area contributed by atoms with Crippen molar-refractivity contribution in [3.63, 3.8) is 0 Å². The number of anilines is 2. The molecule has 0 bridgehead atoms. The van der Waals surface area contributed by atoms with E-state index in [0.717, 1.165) is 6.20 Å². The number of nitrogens with one attached hydrogen (secondary N) is 1. The molecular weight excluding hydrogens is 343 g/mol. The van der Waals surface area contributed by atoms with Crippen LogP contribution in [0.3, 0.4) is 0 Å². The van der Waals surface area contributed by atoms with Crippen LogP contribution in [0.25, 0.3) is 0 Å². The van der Waals surface area contributed by atoms with Crippen molar-refractivity contribution in [1.82, 2.24) is 19.6 Å². The topological polar surface area (TPSA) is 64.7 Å². The second-order valence-electron chi connectivity index (χ2n) is 3.95. The van der Waals surface area contributed by atoms with Gasteiger partial charge in [0.1, 0.15) is 11.0 Å². The van der Waals surface area contributed by atoms with E-state index in [4.69, 9.17) is 0 Å². The molecule has 0 spiro atoms. The fourth-order valence-corrected chi connectivity index (χ4v) is 1.86. The Kier molecular flexibility index (Phi) is 3.84. The van der Waals surface area contributed by atoms with E-state index < -0.39 is 18.3 Å². The summed E-state index contributed by atoms with van der Waals surface area (Å²) in [6.45, 7) is -1.44. The van der Waals surface area contributed by atoms with Crippen LogP contribution in [0.2, 0.25) is 0 Å². The quantitative estimate of drug-likeness (QED) is 0.918. The van der Waals surface area contributed by atoms with E-state index in [0.29, 0.717) is 10.5 Å². The zero-order chi connectivity index (χ0) is 14.9. The third-order valence-corrected chi connectivity index (χ3v) is 3.06. The Labute approximate surface area is 119 Å². The van der Waals surface area contributed by atoms with Gasteiger partial charge in [0, 0.05) is 19.3 Å². The lowest BCUT2D eigenvalue weighted by molar-refractivity contribution is -0.143. The van der Waals surface area contributed by atoms with Crippen LogP contribution in [-0.4, -0.2) is 25.7 Å². The number of aryl methyl sites for hydroxylation is 1. The normalized spacial score (nSPS) is 11.7. The highest BCUT2D eigenvalue weighted by Crippen LogP contribution is 2.21. The lowest BCUT2D eigenvalue weighted by Gasteiger charge is -2.10. The van der Waals surface area contributed by atoms with Gasteiger partial charge in [0.25, 0.3) is 5.56 Å². The predicted octanol–water partition coefficient (Wildman–Crippen LogP) is 2.05. The number of hydrogen-bond donors (Lipinski definition) is 1. The molecule has 108 valence electrons. The van der Waals surface area contributed by atoms with Crippen molar-refractivity contribution < 1.29 is 13.2 Å². The lowest BCUT2D eigenvalue weighted by Crippen LogP contribution is -2.30. The number of alkyl halides is 3. The first-order chi connectivity index (χ1) is 9.26. The molecule has 1 N–H and O–H groups in total. The molecule has 0 aliphatic heterocycles. The standard InChI is InChI=1S/C10H9BrF3N5O/c1-18-3-2-7(17-18)16-6-4-15-19(5-10(12,13)14)9(20)8(6)11/h2-4H,5H2,1H3,(H,16,17). The molecule has 2 aromatic rings. The summed E-state index contributed by atoms with van der Waals surface area (Å²) < 4.78 is 38.6. The summed E-state index contributed by atoms with van der Waals surface area (Å²) in [4.78, 5) is 11.8. The van der Waals surface area contributed by atoms with E-state index in [2.05, 4.69) is 31.4 Å². The van der Waals surface area contributed by atoms with E-state index in [-0.39, 0.29) is 10.2 Å². The summed E-state index contributed by atoms with van der Waals surface area (Å²) in [5, 5.41) is 10.3. The van der Waals surface area contributed by atoms with Gasteiger partial charge in [-0.1, -0.05) is 0 Å². The molecule has 0 saturated heterocycles. The maximum atomic E-state index is 12.3. The molecule has 0 aromatic carbocycles. The van der Waals surface area contributed by atoms with Gasteiger partial charge in [-0.3, -0.25) is 9.48 Å². The molecule has 0 unspecified atom stereocenters. The van der Waals surface area contributed by atoms with Gasteiger partial charge in [0.2, 0.25) is 0 Å². The Bertz CT molecular complexity index is 678. The third-order valence-electron chi connectivity index (χ3n) is 2.29. The fourth-order valence-electron chi connectivity index (χ4n) is 1.45. The van der Waals surface area contributed by atoms with Gasteiger partial charge >= 0.3 is 6.18 Å². The number of nitrogens with zero attached hydrogens (tertiary/aromatic N) is 4. The Balaban J connectivity index is 2.29. The Morgan fingerprint density at radius 3 is 2.70 bits per heavy atom. The molecule has 6 nitrogen and oxygen atoms in total. The van der Waals surface area contributed by atoms with Crippen LogP contribution in [0.15, 0.2) is 27.7 Å². The molecule has 0 atom stereocenters. The van der Waals surface area contributed by atoms with Crippen molar-refractivity contribution in [1.29, 1.82) is 0 Å². The molecule has 0 radical (unpaired) electrons. The van der Waals surface area contributed by atoms with Gasteiger partial charge in [-0.05, 0) is 15.9 Å². The minimum absolute atomic E-state index is 0.0394. The predicted molar refractivity (Wildman–Crippen MR) is 68.7 cm³/mol. The van der Waals surface area contributed by atoms with Crippen LogP contribution in [0, 0.1) is 0 Å². The monoisotopic (exact) mass is 351 g/mol. The van der Waals surface area contributed by atoms with E-state index in [1.54, 1.807) is 19.3 Å². The molecule has 0 aliphatic rings. The second kappa shape index (κ2) is 5.27. The van der Waals surface area contributed by atoms with E-state index in [1.807, 2.05) is 0 Å². The summed E-state index contributed by atoms with van der Waals surface area (Å²) >= 11 is 2.97. The Morgan fingerprint density at radius 2 is 2.15 bits per heavy atom. The molecule has 2 heterocycles. The van der Waals surface area contributed by atoms with Crippen LogP contribution in [0.5, 0.6) is 0 Å². The first kappa shape index (κ1) is 14.6. The van der Waals surface area contributed by atoms with Crippen molar-refractivity contribution in [2.45, 2.75) is 12.7 Å². The van der Waals surface area contributed by atoms with Crippen molar-refractivity contribution >= 4 is 27.4 Å². The van der Waals surface area contributed by atoms with Crippen molar-refractivity contribution in [2.24, 2.45) is 7.05 Å². The van der Waals surface area contributed by atoms with Crippen LogP contribution in [0.4, 0.5) is 24.7 Å². The first-order valence-corrected chi connectivity index (χ1v) is 6.14. The average molecular weight is 352 g/mol. The first-order valence-electron chi connectivity index (χ1n) is 5.35. The maximum absolute atomic E-state index is 12.3. The minimum atomic E-state index is -4.51. The molecule has 0 amide bonds. The fraction of sp³-hybridized carbons (Fsp3) is 0.300. The van der Waals surface area contributed by atoms with Crippen LogP contribution in [-0.2, 0) is 13.6 Å². The lowest BCUT2D eigenvalue weighted by atomic mass is 10.4. The number of aromatic nitrogens is 4.